The number of rotatable bonds is 3. The number of aromatic nitrogens is 1. The Morgan fingerprint density at radius 2 is 2.12 bits per heavy atom. The molecule has 24 heavy (non-hydrogen) atoms. The average Bonchev–Trinajstić information content (AvgIpc) is 3.04. The lowest BCUT2D eigenvalue weighted by atomic mass is 9.58. The maximum Gasteiger partial charge on any atom is 0.159 e. The summed E-state index contributed by atoms with van der Waals surface area (Å²) in [5, 5.41) is 3.83. The highest BCUT2D eigenvalue weighted by Crippen LogP contribution is 2.54. The topological polar surface area (TPSA) is 26.0 Å². The molecule has 0 amide bonds. The molecular weight excluding hydrogens is 294 g/mol. The molecule has 0 aromatic carbocycles. The van der Waals surface area contributed by atoms with Crippen molar-refractivity contribution in [2.45, 2.75) is 60.8 Å². The zero-order valence-electron chi connectivity index (χ0n) is 16.0. The van der Waals surface area contributed by atoms with E-state index in [0.717, 1.165) is 12.2 Å². The van der Waals surface area contributed by atoms with E-state index in [2.05, 4.69) is 64.9 Å². The van der Waals surface area contributed by atoms with Crippen LogP contribution in [0, 0.1) is 22.7 Å². The van der Waals surface area contributed by atoms with E-state index in [9.17, 15) is 0 Å². The van der Waals surface area contributed by atoms with Crippen molar-refractivity contribution < 1.29 is 4.52 Å². The molecule has 1 heterocycles. The lowest BCUT2D eigenvalue weighted by molar-refractivity contribution is 0.277. The highest BCUT2D eigenvalue weighted by atomic mass is 16.5. The van der Waals surface area contributed by atoms with Gasteiger partial charge in [-0.3, -0.25) is 0 Å². The van der Waals surface area contributed by atoms with Crippen LogP contribution >= 0.6 is 0 Å². The Bertz CT molecular complexity index is 690. The molecule has 3 atom stereocenters. The lowest BCUT2D eigenvalue weighted by Gasteiger charge is -2.47. The van der Waals surface area contributed by atoms with Gasteiger partial charge in [-0.1, -0.05) is 57.5 Å². The third-order valence-electron chi connectivity index (χ3n) is 6.38. The van der Waals surface area contributed by atoms with Crippen LogP contribution in [0.25, 0.3) is 6.08 Å². The monoisotopic (exact) mass is 325 g/mol. The van der Waals surface area contributed by atoms with E-state index in [1.807, 2.05) is 6.07 Å². The Hall–Kier alpha value is -1.57. The highest BCUT2D eigenvalue weighted by Gasteiger charge is 2.42. The molecular formula is C22H31NO. The molecule has 2 nitrogen and oxygen atoms in total. The summed E-state index contributed by atoms with van der Waals surface area (Å²) in [7, 11) is 0. The predicted molar refractivity (Wildman–Crippen MR) is 100 cm³/mol. The van der Waals surface area contributed by atoms with Gasteiger partial charge in [0.25, 0.3) is 0 Å². The second kappa shape index (κ2) is 6.06. The molecule has 3 unspecified atom stereocenters. The zero-order chi connectivity index (χ0) is 17.5. The van der Waals surface area contributed by atoms with Crippen LogP contribution in [0.1, 0.15) is 66.6 Å². The molecule has 2 aliphatic carbocycles. The van der Waals surface area contributed by atoms with Crippen molar-refractivity contribution in [2.75, 3.05) is 0 Å². The Balaban J connectivity index is 2.06. The van der Waals surface area contributed by atoms with Crippen molar-refractivity contribution >= 4 is 6.08 Å². The molecule has 1 aromatic heterocycles. The molecule has 0 aliphatic heterocycles. The fraction of sp³-hybridized carbons (Fsp3) is 0.591. The Labute approximate surface area is 146 Å². The first kappa shape index (κ1) is 17.3. The molecule has 0 radical (unpaired) electrons. The molecule has 1 saturated carbocycles. The van der Waals surface area contributed by atoms with Gasteiger partial charge in [0.2, 0.25) is 0 Å². The van der Waals surface area contributed by atoms with Crippen LogP contribution in [0.2, 0.25) is 0 Å². The second-order valence-electron chi connectivity index (χ2n) is 8.64. The Morgan fingerprint density at radius 1 is 1.38 bits per heavy atom. The minimum Gasteiger partial charge on any atom is -0.357 e. The quantitative estimate of drug-likeness (QED) is 0.639. The third kappa shape index (κ3) is 2.92. The van der Waals surface area contributed by atoms with E-state index in [0.29, 0.717) is 17.3 Å². The van der Waals surface area contributed by atoms with Crippen molar-refractivity contribution in [2.24, 2.45) is 22.7 Å². The first-order valence-corrected chi connectivity index (χ1v) is 9.31. The molecule has 0 bridgehead atoms. The molecule has 130 valence electrons. The Kier molecular flexibility index (Phi) is 4.36. The zero-order valence-corrected chi connectivity index (χ0v) is 16.0. The van der Waals surface area contributed by atoms with E-state index in [1.165, 1.54) is 18.4 Å². The molecule has 3 rings (SSSR count). The summed E-state index contributed by atoms with van der Waals surface area (Å²) in [6.07, 6.45) is 12.7. The highest BCUT2D eigenvalue weighted by molar-refractivity contribution is 5.52. The number of hydrogen-bond donors (Lipinski definition) is 0. The third-order valence-corrected chi connectivity index (χ3v) is 6.38. The van der Waals surface area contributed by atoms with Crippen LogP contribution in [-0.4, -0.2) is 5.16 Å². The van der Waals surface area contributed by atoms with E-state index in [-0.39, 0.29) is 5.41 Å². The first-order valence-electron chi connectivity index (χ1n) is 9.31. The van der Waals surface area contributed by atoms with Crippen LogP contribution in [0.5, 0.6) is 0 Å². The Morgan fingerprint density at radius 3 is 2.75 bits per heavy atom. The van der Waals surface area contributed by atoms with Gasteiger partial charge in [0.05, 0.1) is 6.20 Å². The van der Waals surface area contributed by atoms with Crippen molar-refractivity contribution in [1.82, 2.24) is 5.16 Å². The standard InChI is InChI=1S/C22H31NO/c1-7-22(6)14-20-18(15(2)8-10-21(20,4)5)13-19(22)16(3)12-17-9-11-23-24-17/h9,11-15,19H,7-8,10H2,1-6H3/b16-12+. The largest absolute Gasteiger partial charge is 0.357 e. The summed E-state index contributed by atoms with van der Waals surface area (Å²) in [5.41, 5.74) is 4.98. The molecule has 0 saturated heterocycles. The van der Waals surface area contributed by atoms with E-state index in [1.54, 1.807) is 17.3 Å². The van der Waals surface area contributed by atoms with Crippen LogP contribution < -0.4 is 0 Å². The summed E-state index contributed by atoms with van der Waals surface area (Å²) in [6.45, 7) is 14.2. The van der Waals surface area contributed by atoms with Crippen LogP contribution in [0.4, 0.5) is 0 Å². The predicted octanol–water partition coefficient (Wildman–Crippen LogP) is 6.43. The summed E-state index contributed by atoms with van der Waals surface area (Å²) < 4.78 is 5.30. The van der Waals surface area contributed by atoms with Gasteiger partial charge < -0.3 is 4.52 Å². The SMILES string of the molecule is CCC1(C)C=C2C(=CC1/C(C)=C/c1ccno1)C(C)CCC2(C)C. The van der Waals surface area contributed by atoms with Crippen molar-refractivity contribution in [3.8, 4) is 0 Å². The minimum atomic E-state index is 0.160. The van der Waals surface area contributed by atoms with E-state index in [4.69, 9.17) is 4.52 Å². The average molecular weight is 325 g/mol. The van der Waals surface area contributed by atoms with Gasteiger partial charge >= 0.3 is 0 Å². The molecule has 1 aromatic rings. The van der Waals surface area contributed by atoms with Gasteiger partial charge in [0, 0.05) is 12.0 Å². The second-order valence-corrected chi connectivity index (χ2v) is 8.64. The van der Waals surface area contributed by atoms with Gasteiger partial charge in [-0.2, -0.15) is 0 Å². The van der Waals surface area contributed by atoms with Gasteiger partial charge in [-0.25, -0.2) is 0 Å². The summed E-state index contributed by atoms with van der Waals surface area (Å²) in [5.74, 6) is 1.92. The summed E-state index contributed by atoms with van der Waals surface area (Å²) >= 11 is 0. The maximum absolute atomic E-state index is 5.30. The summed E-state index contributed by atoms with van der Waals surface area (Å²) in [6, 6.07) is 1.93. The van der Waals surface area contributed by atoms with Gasteiger partial charge in [0.15, 0.2) is 5.76 Å². The lowest BCUT2D eigenvalue weighted by Crippen LogP contribution is -2.35. The smallest absolute Gasteiger partial charge is 0.159 e. The normalized spacial score (nSPS) is 32.8. The maximum atomic E-state index is 5.30. The number of fused-ring (bicyclic) bond motifs is 1. The number of nitrogens with zero attached hydrogens (tertiary/aromatic N) is 1. The minimum absolute atomic E-state index is 0.160. The van der Waals surface area contributed by atoms with Crippen LogP contribution in [0.3, 0.4) is 0 Å². The summed E-state index contributed by atoms with van der Waals surface area (Å²) in [4.78, 5) is 0. The molecule has 2 heteroatoms. The van der Waals surface area contributed by atoms with Gasteiger partial charge in [0.1, 0.15) is 0 Å². The van der Waals surface area contributed by atoms with E-state index < -0.39 is 0 Å². The molecule has 0 N–H and O–H groups in total. The van der Waals surface area contributed by atoms with Crippen LogP contribution in [-0.2, 0) is 0 Å². The fourth-order valence-corrected chi connectivity index (χ4v) is 4.43. The van der Waals surface area contributed by atoms with Gasteiger partial charge in [-0.15, -0.1) is 0 Å². The number of hydrogen-bond acceptors (Lipinski definition) is 2. The van der Waals surface area contributed by atoms with E-state index >= 15 is 0 Å². The van der Waals surface area contributed by atoms with Gasteiger partial charge in [-0.05, 0) is 60.2 Å². The van der Waals surface area contributed by atoms with Crippen molar-refractivity contribution in [1.29, 1.82) is 0 Å². The molecule has 1 fully saturated rings. The van der Waals surface area contributed by atoms with Crippen molar-refractivity contribution in [3.63, 3.8) is 0 Å². The fourth-order valence-electron chi connectivity index (χ4n) is 4.43. The van der Waals surface area contributed by atoms with Crippen molar-refractivity contribution in [3.05, 3.63) is 46.9 Å². The van der Waals surface area contributed by atoms with Crippen LogP contribution in [0.15, 0.2) is 45.7 Å². The number of allylic oxidation sites excluding steroid dienone is 5. The molecule has 0 spiro atoms. The molecule has 2 aliphatic rings. The first-order chi connectivity index (χ1) is 11.3.